The molecule has 0 spiro atoms. The molecule has 1 N–H and O–H groups in total. The predicted molar refractivity (Wildman–Crippen MR) is 117 cm³/mol. The van der Waals surface area contributed by atoms with Gasteiger partial charge in [0.2, 0.25) is 0 Å². The SMILES string of the molecule is O=C(c1nc2ccccc2s1)N1CCc2[nH]cnc2[C@H]1c1cc2ccccc2s1. The van der Waals surface area contributed by atoms with Crippen LogP contribution in [0.25, 0.3) is 20.3 Å². The summed E-state index contributed by atoms with van der Waals surface area (Å²) in [5.74, 6) is -0.0256. The van der Waals surface area contributed by atoms with Gasteiger partial charge in [0.1, 0.15) is 6.04 Å². The molecule has 6 rings (SSSR count). The first-order chi connectivity index (χ1) is 14.3. The standard InChI is InChI=1S/C22H16N4OS2/c27-22(21-25-14-6-2-4-8-17(14)29-21)26-10-9-15-19(24-12-23-15)20(26)18-11-13-5-1-3-7-16(13)28-18/h1-8,11-12,20H,9-10H2,(H,23,24)/t20-/m1/s1. The van der Waals surface area contributed by atoms with E-state index in [1.807, 2.05) is 41.3 Å². The van der Waals surface area contributed by atoms with Crippen LogP contribution < -0.4 is 0 Å². The van der Waals surface area contributed by atoms with Crippen LogP contribution in [0.3, 0.4) is 0 Å². The van der Waals surface area contributed by atoms with E-state index in [-0.39, 0.29) is 11.9 Å². The van der Waals surface area contributed by atoms with Gasteiger partial charge in [-0.05, 0) is 29.7 Å². The Kier molecular flexibility index (Phi) is 3.79. The van der Waals surface area contributed by atoms with Crippen LogP contribution in [0.5, 0.6) is 0 Å². The Morgan fingerprint density at radius 2 is 1.90 bits per heavy atom. The lowest BCUT2D eigenvalue weighted by Gasteiger charge is -2.33. The lowest BCUT2D eigenvalue weighted by atomic mass is 10.0. The molecule has 0 radical (unpaired) electrons. The molecule has 0 saturated carbocycles. The number of nitrogens with zero attached hydrogens (tertiary/aromatic N) is 3. The molecule has 1 aliphatic heterocycles. The Hall–Kier alpha value is -3.03. The monoisotopic (exact) mass is 416 g/mol. The summed E-state index contributed by atoms with van der Waals surface area (Å²) in [7, 11) is 0. The summed E-state index contributed by atoms with van der Waals surface area (Å²) in [4.78, 5) is 29.1. The van der Waals surface area contributed by atoms with E-state index in [1.165, 1.54) is 21.4 Å². The van der Waals surface area contributed by atoms with Crippen LogP contribution in [0.15, 0.2) is 60.9 Å². The summed E-state index contributed by atoms with van der Waals surface area (Å²) in [6, 6.07) is 18.2. The maximum absolute atomic E-state index is 13.5. The molecule has 3 aromatic heterocycles. The van der Waals surface area contributed by atoms with E-state index in [2.05, 4.69) is 33.2 Å². The van der Waals surface area contributed by atoms with Gasteiger partial charge >= 0.3 is 0 Å². The molecular formula is C22H16N4OS2. The zero-order valence-corrected chi connectivity index (χ0v) is 17.0. The highest BCUT2D eigenvalue weighted by Gasteiger charge is 2.36. The molecule has 0 unspecified atom stereocenters. The Labute approximate surface area is 174 Å². The van der Waals surface area contributed by atoms with E-state index in [1.54, 1.807) is 17.7 Å². The van der Waals surface area contributed by atoms with Crippen molar-refractivity contribution in [2.45, 2.75) is 12.5 Å². The lowest BCUT2D eigenvalue weighted by Crippen LogP contribution is -2.40. The van der Waals surface area contributed by atoms with Crippen molar-refractivity contribution in [3.05, 3.63) is 82.2 Å². The minimum Gasteiger partial charge on any atom is -0.348 e. The summed E-state index contributed by atoms with van der Waals surface area (Å²) in [5, 5.41) is 1.74. The number of imidazole rings is 1. The Morgan fingerprint density at radius 1 is 1.07 bits per heavy atom. The number of hydrogen-bond acceptors (Lipinski definition) is 5. The number of aromatic nitrogens is 3. The number of carbonyl (C=O) groups is 1. The van der Waals surface area contributed by atoms with Crippen molar-refractivity contribution in [3.8, 4) is 0 Å². The van der Waals surface area contributed by atoms with Crippen molar-refractivity contribution < 1.29 is 4.79 Å². The molecule has 1 aliphatic rings. The van der Waals surface area contributed by atoms with Gasteiger partial charge in [-0.2, -0.15) is 0 Å². The summed E-state index contributed by atoms with van der Waals surface area (Å²) >= 11 is 3.18. The summed E-state index contributed by atoms with van der Waals surface area (Å²) in [6.07, 6.45) is 2.50. The molecule has 5 aromatic rings. The zero-order valence-electron chi connectivity index (χ0n) is 15.3. The average molecular weight is 417 g/mol. The van der Waals surface area contributed by atoms with E-state index >= 15 is 0 Å². The largest absolute Gasteiger partial charge is 0.348 e. The third-order valence-electron chi connectivity index (χ3n) is 5.38. The van der Waals surface area contributed by atoms with Gasteiger partial charge in [0.05, 0.1) is 22.2 Å². The third-order valence-corrected chi connectivity index (χ3v) is 7.57. The number of hydrogen-bond donors (Lipinski definition) is 1. The fraction of sp³-hybridized carbons (Fsp3) is 0.136. The number of benzene rings is 2. The second-order valence-electron chi connectivity index (χ2n) is 7.09. The first-order valence-electron chi connectivity index (χ1n) is 9.45. The number of para-hydroxylation sites is 1. The van der Waals surface area contributed by atoms with Crippen LogP contribution in [0.1, 0.15) is 32.1 Å². The second-order valence-corrected chi connectivity index (χ2v) is 9.24. The van der Waals surface area contributed by atoms with Crippen LogP contribution in [0.2, 0.25) is 0 Å². The number of nitrogens with one attached hydrogen (secondary N) is 1. The van der Waals surface area contributed by atoms with Crippen molar-refractivity contribution in [1.82, 2.24) is 19.9 Å². The summed E-state index contributed by atoms with van der Waals surface area (Å²) < 4.78 is 2.25. The number of aromatic amines is 1. The maximum atomic E-state index is 13.5. The van der Waals surface area contributed by atoms with Gasteiger partial charge in [0.15, 0.2) is 5.01 Å². The van der Waals surface area contributed by atoms with E-state index in [0.29, 0.717) is 11.6 Å². The van der Waals surface area contributed by atoms with Crippen LogP contribution in [0.4, 0.5) is 0 Å². The van der Waals surface area contributed by atoms with Crippen LogP contribution in [-0.4, -0.2) is 32.3 Å². The quantitative estimate of drug-likeness (QED) is 0.439. The van der Waals surface area contributed by atoms with E-state index in [4.69, 9.17) is 0 Å². The fourth-order valence-corrected chi connectivity index (χ4v) is 6.11. The minimum atomic E-state index is -0.193. The van der Waals surface area contributed by atoms with Crippen molar-refractivity contribution >= 4 is 48.9 Å². The van der Waals surface area contributed by atoms with Crippen molar-refractivity contribution in [1.29, 1.82) is 0 Å². The molecule has 4 heterocycles. The molecular weight excluding hydrogens is 400 g/mol. The first-order valence-corrected chi connectivity index (χ1v) is 11.1. The molecule has 1 amide bonds. The number of fused-ring (bicyclic) bond motifs is 3. The average Bonchev–Trinajstić information content (AvgIpc) is 3.49. The van der Waals surface area contributed by atoms with Crippen molar-refractivity contribution in [3.63, 3.8) is 0 Å². The third kappa shape index (κ3) is 2.69. The Bertz CT molecular complexity index is 1300. The highest BCUT2D eigenvalue weighted by atomic mass is 32.1. The van der Waals surface area contributed by atoms with Gasteiger partial charge in [-0.3, -0.25) is 4.79 Å². The van der Waals surface area contributed by atoms with Crippen molar-refractivity contribution in [2.24, 2.45) is 0 Å². The maximum Gasteiger partial charge on any atom is 0.283 e. The number of thiazole rings is 1. The molecule has 142 valence electrons. The zero-order chi connectivity index (χ0) is 19.4. The topological polar surface area (TPSA) is 61.9 Å². The number of H-pyrrole nitrogens is 1. The Balaban J connectivity index is 1.47. The van der Waals surface area contributed by atoms with Gasteiger partial charge in [-0.1, -0.05) is 30.3 Å². The highest BCUT2D eigenvalue weighted by molar-refractivity contribution is 7.20. The van der Waals surface area contributed by atoms with Gasteiger partial charge in [0, 0.05) is 28.2 Å². The number of amides is 1. The predicted octanol–water partition coefficient (Wildman–Crippen LogP) is 5.02. The molecule has 0 saturated heterocycles. The van der Waals surface area contributed by atoms with Crippen molar-refractivity contribution in [2.75, 3.05) is 6.54 Å². The summed E-state index contributed by atoms with van der Waals surface area (Å²) in [5.41, 5.74) is 2.93. The fourth-order valence-electron chi connectivity index (χ4n) is 4.01. The Morgan fingerprint density at radius 3 is 2.76 bits per heavy atom. The normalized spacial score (nSPS) is 16.4. The van der Waals surface area contributed by atoms with Crippen LogP contribution in [0, 0.1) is 0 Å². The highest BCUT2D eigenvalue weighted by Crippen LogP contribution is 2.40. The molecule has 7 heteroatoms. The molecule has 2 aromatic carbocycles. The molecule has 1 atom stereocenters. The van der Waals surface area contributed by atoms with E-state index in [0.717, 1.165) is 32.9 Å². The smallest absolute Gasteiger partial charge is 0.283 e. The minimum absolute atomic E-state index is 0.0256. The van der Waals surface area contributed by atoms with E-state index in [9.17, 15) is 4.79 Å². The molecule has 5 nitrogen and oxygen atoms in total. The van der Waals surface area contributed by atoms with Gasteiger partial charge in [-0.15, -0.1) is 22.7 Å². The van der Waals surface area contributed by atoms with Gasteiger partial charge < -0.3 is 9.88 Å². The number of thiophene rings is 1. The molecule has 0 aliphatic carbocycles. The first kappa shape index (κ1) is 16.9. The molecule has 0 bridgehead atoms. The van der Waals surface area contributed by atoms with Gasteiger partial charge in [-0.25, -0.2) is 9.97 Å². The lowest BCUT2D eigenvalue weighted by molar-refractivity contribution is 0.0693. The van der Waals surface area contributed by atoms with Crippen LogP contribution >= 0.6 is 22.7 Å². The second kappa shape index (κ2) is 6.50. The van der Waals surface area contributed by atoms with Crippen LogP contribution in [-0.2, 0) is 6.42 Å². The molecule has 0 fully saturated rings. The molecule has 29 heavy (non-hydrogen) atoms. The number of carbonyl (C=O) groups excluding carboxylic acids is 1. The van der Waals surface area contributed by atoms with Gasteiger partial charge in [0.25, 0.3) is 5.91 Å². The number of rotatable bonds is 2. The van der Waals surface area contributed by atoms with E-state index < -0.39 is 0 Å². The summed E-state index contributed by atoms with van der Waals surface area (Å²) in [6.45, 7) is 0.642.